The molecule has 0 saturated carbocycles. The molecule has 5 rings (SSSR count). The smallest absolute Gasteiger partial charge is 0.295 e. The number of ether oxygens (including phenoxy) is 3. The summed E-state index contributed by atoms with van der Waals surface area (Å²) in [6.07, 6.45) is 0.848. The number of amides is 1. The van der Waals surface area contributed by atoms with Gasteiger partial charge < -0.3 is 24.2 Å². The molecule has 184 valence electrons. The summed E-state index contributed by atoms with van der Waals surface area (Å²) in [6.45, 7) is 3.62. The van der Waals surface area contributed by atoms with Crippen molar-refractivity contribution in [1.82, 2.24) is 4.90 Å². The van der Waals surface area contributed by atoms with Crippen molar-refractivity contribution in [2.75, 3.05) is 19.8 Å². The van der Waals surface area contributed by atoms with Gasteiger partial charge in [-0.05, 0) is 47.9 Å². The van der Waals surface area contributed by atoms with E-state index in [0.717, 1.165) is 12.0 Å². The normalized spacial score (nSPS) is 18.4. The Morgan fingerprint density at radius 2 is 1.75 bits per heavy atom. The van der Waals surface area contributed by atoms with E-state index in [-0.39, 0.29) is 17.9 Å². The van der Waals surface area contributed by atoms with Crippen molar-refractivity contribution >= 4 is 17.4 Å². The van der Waals surface area contributed by atoms with Gasteiger partial charge in [0.2, 0.25) is 0 Å². The summed E-state index contributed by atoms with van der Waals surface area (Å²) in [6, 6.07) is 21.0. The minimum atomic E-state index is -0.788. The van der Waals surface area contributed by atoms with Crippen LogP contribution in [0.5, 0.6) is 17.2 Å². The maximum Gasteiger partial charge on any atom is 0.295 e. The third-order valence-electron chi connectivity index (χ3n) is 6.20. The molecule has 7 heteroatoms. The number of Topliss-reactive ketones (excluding diaryl/α,β-unsaturated/α-hetero) is 1. The first-order chi connectivity index (χ1) is 17.6. The standard InChI is InChI=1S/C29H27NO6/c1-2-13-34-22-10-6-9-20(16-22)26-25(27(31)21-11-12-23-24(17-21)36-15-14-35-23)28(32)29(33)30(26)18-19-7-4-3-5-8-19/h3-12,16-17,26,31H,2,13-15,18H2,1H3/b27-25+/t26-/m1/s1. The third-order valence-corrected chi connectivity index (χ3v) is 6.20. The Hall–Kier alpha value is -4.26. The van der Waals surface area contributed by atoms with Crippen molar-refractivity contribution in [3.8, 4) is 17.2 Å². The van der Waals surface area contributed by atoms with Crippen LogP contribution >= 0.6 is 0 Å². The van der Waals surface area contributed by atoms with E-state index in [1.807, 2.05) is 61.5 Å². The van der Waals surface area contributed by atoms with Crippen LogP contribution in [-0.4, -0.2) is 41.5 Å². The Bertz CT molecular complexity index is 1320. The van der Waals surface area contributed by atoms with E-state index in [1.165, 1.54) is 4.90 Å². The zero-order chi connectivity index (χ0) is 25.1. The number of benzene rings is 3. The Labute approximate surface area is 209 Å². The van der Waals surface area contributed by atoms with Crippen molar-refractivity contribution < 1.29 is 28.9 Å². The maximum atomic E-state index is 13.4. The lowest BCUT2D eigenvalue weighted by Gasteiger charge is -2.26. The van der Waals surface area contributed by atoms with E-state index < -0.39 is 17.7 Å². The van der Waals surface area contributed by atoms with Gasteiger partial charge in [-0.15, -0.1) is 0 Å². The number of hydrogen-bond donors (Lipinski definition) is 1. The minimum Gasteiger partial charge on any atom is -0.507 e. The van der Waals surface area contributed by atoms with E-state index in [4.69, 9.17) is 14.2 Å². The van der Waals surface area contributed by atoms with Gasteiger partial charge in [0.05, 0.1) is 18.2 Å². The lowest BCUT2D eigenvalue weighted by atomic mass is 9.94. The summed E-state index contributed by atoms with van der Waals surface area (Å²) in [4.78, 5) is 28.1. The molecule has 0 unspecified atom stereocenters. The molecule has 2 heterocycles. The fourth-order valence-electron chi connectivity index (χ4n) is 4.51. The van der Waals surface area contributed by atoms with Gasteiger partial charge in [-0.1, -0.05) is 49.4 Å². The van der Waals surface area contributed by atoms with Gasteiger partial charge in [0.25, 0.3) is 11.7 Å². The average Bonchev–Trinajstić information content (AvgIpc) is 3.17. The fourth-order valence-corrected chi connectivity index (χ4v) is 4.51. The number of hydrogen-bond acceptors (Lipinski definition) is 6. The van der Waals surface area contributed by atoms with Crippen molar-refractivity contribution in [2.45, 2.75) is 25.9 Å². The van der Waals surface area contributed by atoms with Gasteiger partial charge in [-0.3, -0.25) is 9.59 Å². The van der Waals surface area contributed by atoms with Crippen molar-refractivity contribution in [3.63, 3.8) is 0 Å². The lowest BCUT2D eigenvalue weighted by molar-refractivity contribution is -0.140. The number of fused-ring (bicyclic) bond motifs is 1. The first kappa shape index (κ1) is 23.5. The van der Waals surface area contributed by atoms with Crippen LogP contribution in [0.2, 0.25) is 0 Å². The predicted molar refractivity (Wildman–Crippen MR) is 134 cm³/mol. The fraction of sp³-hybridized carbons (Fsp3) is 0.241. The molecule has 1 N–H and O–H groups in total. The molecule has 36 heavy (non-hydrogen) atoms. The monoisotopic (exact) mass is 485 g/mol. The van der Waals surface area contributed by atoms with Crippen LogP contribution in [0.3, 0.4) is 0 Å². The van der Waals surface area contributed by atoms with Gasteiger partial charge in [0, 0.05) is 12.1 Å². The molecule has 2 aliphatic rings. The van der Waals surface area contributed by atoms with Crippen LogP contribution in [-0.2, 0) is 16.1 Å². The highest BCUT2D eigenvalue weighted by molar-refractivity contribution is 6.46. The number of rotatable bonds is 7. The summed E-state index contributed by atoms with van der Waals surface area (Å²) in [7, 11) is 0. The quantitative estimate of drug-likeness (QED) is 0.292. The highest BCUT2D eigenvalue weighted by Crippen LogP contribution is 2.42. The summed E-state index contributed by atoms with van der Waals surface area (Å²) in [5.41, 5.74) is 1.96. The summed E-state index contributed by atoms with van der Waals surface area (Å²) >= 11 is 0. The Morgan fingerprint density at radius 1 is 0.972 bits per heavy atom. The zero-order valence-electron chi connectivity index (χ0n) is 20.0. The Morgan fingerprint density at radius 3 is 2.53 bits per heavy atom. The van der Waals surface area contributed by atoms with Gasteiger partial charge in [-0.2, -0.15) is 0 Å². The second kappa shape index (κ2) is 10.2. The highest BCUT2D eigenvalue weighted by atomic mass is 16.6. The van der Waals surface area contributed by atoms with Crippen LogP contribution in [0.1, 0.15) is 36.1 Å². The molecule has 3 aromatic rings. The Balaban J connectivity index is 1.62. The molecule has 2 aliphatic heterocycles. The van der Waals surface area contributed by atoms with Crippen molar-refractivity contribution in [3.05, 3.63) is 95.1 Å². The largest absolute Gasteiger partial charge is 0.507 e. The second-order valence-electron chi connectivity index (χ2n) is 8.69. The molecule has 1 saturated heterocycles. The van der Waals surface area contributed by atoms with E-state index in [2.05, 4.69) is 0 Å². The van der Waals surface area contributed by atoms with Crippen LogP contribution in [0.15, 0.2) is 78.4 Å². The highest BCUT2D eigenvalue weighted by Gasteiger charge is 2.46. The maximum absolute atomic E-state index is 13.4. The van der Waals surface area contributed by atoms with Crippen LogP contribution in [0.25, 0.3) is 5.76 Å². The van der Waals surface area contributed by atoms with Crippen LogP contribution in [0, 0.1) is 0 Å². The van der Waals surface area contributed by atoms with Crippen LogP contribution < -0.4 is 14.2 Å². The number of nitrogens with zero attached hydrogens (tertiary/aromatic N) is 1. The van der Waals surface area contributed by atoms with E-state index >= 15 is 0 Å². The molecular formula is C29H27NO6. The number of aliphatic hydroxyl groups is 1. The number of carbonyl (C=O) groups excluding carboxylic acids is 2. The molecule has 0 radical (unpaired) electrons. The summed E-state index contributed by atoms with van der Waals surface area (Å²) in [5.74, 6) is 0.0331. The first-order valence-corrected chi connectivity index (χ1v) is 12.0. The summed E-state index contributed by atoms with van der Waals surface area (Å²) in [5, 5.41) is 11.4. The number of aliphatic hydroxyl groups excluding tert-OH is 1. The predicted octanol–water partition coefficient (Wildman–Crippen LogP) is 4.87. The molecule has 0 bridgehead atoms. The summed E-state index contributed by atoms with van der Waals surface area (Å²) < 4.78 is 17.0. The SMILES string of the molecule is CCCOc1cccc([C@@H]2/C(=C(\O)c3ccc4c(c3)OCCO4)C(=O)C(=O)N2Cc2ccccc2)c1. The number of ketones is 1. The van der Waals surface area contributed by atoms with Gasteiger partial charge in [0.1, 0.15) is 24.7 Å². The molecule has 0 spiro atoms. The lowest BCUT2D eigenvalue weighted by Crippen LogP contribution is -2.29. The molecule has 0 aromatic heterocycles. The topological polar surface area (TPSA) is 85.3 Å². The molecule has 1 atom stereocenters. The molecule has 1 fully saturated rings. The van der Waals surface area contributed by atoms with E-state index in [9.17, 15) is 14.7 Å². The van der Waals surface area contributed by atoms with Gasteiger partial charge >= 0.3 is 0 Å². The average molecular weight is 486 g/mol. The molecule has 3 aromatic carbocycles. The third kappa shape index (κ3) is 4.52. The van der Waals surface area contributed by atoms with Gasteiger partial charge in [0.15, 0.2) is 11.5 Å². The minimum absolute atomic E-state index is 0.0280. The van der Waals surface area contributed by atoms with Gasteiger partial charge in [-0.25, -0.2) is 0 Å². The van der Waals surface area contributed by atoms with E-state index in [0.29, 0.717) is 48.2 Å². The number of likely N-dealkylation sites (tertiary alicyclic amines) is 1. The van der Waals surface area contributed by atoms with Crippen LogP contribution in [0.4, 0.5) is 0 Å². The number of carbonyl (C=O) groups is 2. The Kier molecular flexibility index (Phi) is 6.62. The second-order valence-corrected chi connectivity index (χ2v) is 8.69. The molecule has 1 amide bonds. The zero-order valence-corrected chi connectivity index (χ0v) is 20.0. The molecular weight excluding hydrogens is 458 g/mol. The van der Waals surface area contributed by atoms with E-state index in [1.54, 1.807) is 18.2 Å². The van der Waals surface area contributed by atoms with Crippen molar-refractivity contribution in [1.29, 1.82) is 0 Å². The first-order valence-electron chi connectivity index (χ1n) is 12.0. The van der Waals surface area contributed by atoms with Crippen molar-refractivity contribution in [2.24, 2.45) is 0 Å². The molecule has 0 aliphatic carbocycles. The molecule has 7 nitrogen and oxygen atoms in total.